The highest BCUT2D eigenvalue weighted by Gasteiger charge is 2.28. The molecule has 1 aliphatic carbocycles. The van der Waals surface area contributed by atoms with Crippen LogP contribution >= 0.6 is 11.3 Å². The number of benzene rings is 1. The van der Waals surface area contributed by atoms with Gasteiger partial charge in [0.25, 0.3) is 5.91 Å². The minimum atomic E-state index is -0.213. The van der Waals surface area contributed by atoms with Crippen molar-refractivity contribution >= 4 is 28.7 Å². The van der Waals surface area contributed by atoms with Crippen molar-refractivity contribution in [3.8, 4) is 10.6 Å². The molecule has 2 N–H and O–H groups in total. The quantitative estimate of drug-likeness (QED) is 0.719. The third-order valence-corrected chi connectivity index (χ3v) is 6.35. The second-order valence-corrected chi connectivity index (χ2v) is 8.25. The standard InChI is InChI=1S/C20H21N5OS/c1-11-17(12-3-4-12)23-24-18(11)22-19(26)15-10-27-20(21-15)14-5-6-16-13(9-14)7-8-25(16)2/h5-6,9-10,12H,3-4,7-8H2,1-2H3,(H2,22,23,24,26). The zero-order valence-electron chi connectivity index (χ0n) is 15.4. The van der Waals surface area contributed by atoms with Crippen LogP contribution in [0.3, 0.4) is 0 Å². The Bertz CT molecular complexity index is 1030. The number of nitrogens with zero attached hydrogens (tertiary/aromatic N) is 3. The molecule has 0 bridgehead atoms. The Balaban J connectivity index is 1.35. The van der Waals surface area contributed by atoms with E-state index in [1.165, 1.54) is 35.4 Å². The van der Waals surface area contributed by atoms with Crippen molar-refractivity contribution in [1.82, 2.24) is 15.2 Å². The van der Waals surface area contributed by atoms with Crippen LogP contribution in [0.2, 0.25) is 0 Å². The predicted molar refractivity (Wildman–Crippen MR) is 108 cm³/mol. The molecule has 5 rings (SSSR count). The number of aromatic nitrogens is 3. The SMILES string of the molecule is Cc1c(NC(=O)c2csc(-c3ccc4c(c3)CCN4C)n2)n[nH]c1C1CC1. The van der Waals surface area contributed by atoms with Crippen molar-refractivity contribution < 1.29 is 4.79 Å². The summed E-state index contributed by atoms with van der Waals surface area (Å²) in [4.78, 5) is 19.4. The van der Waals surface area contributed by atoms with Gasteiger partial charge in [-0.25, -0.2) is 4.98 Å². The van der Waals surface area contributed by atoms with Crippen molar-refractivity contribution in [1.29, 1.82) is 0 Å². The Morgan fingerprint density at radius 2 is 2.22 bits per heavy atom. The summed E-state index contributed by atoms with van der Waals surface area (Å²) in [6.45, 7) is 3.05. The number of rotatable bonds is 4. The van der Waals surface area contributed by atoms with Crippen molar-refractivity contribution in [2.24, 2.45) is 0 Å². The predicted octanol–water partition coefficient (Wildman–Crippen LogP) is 3.96. The van der Waals surface area contributed by atoms with E-state index in [0.29, 0.717) is 17.4 Å². The number of likely N-dealkylation sites (N-methyl/N-ethyl adjacent to an activating group) is 1. The molecule has 7 heteroatoms. The summed E-state index contributed by atoms with van der Waals surface area (Å²) < 4.78 is 0. The third kappa shape index (κ3) is 2.92. The van der Waals surface area contributed by atoms with Gasteiger partial charge >= 0.3 is 0 Å². The molecule has 2 aliphatic rings. The number of anilines is 2. The molecule has 0 saturated heterocycles. The molecule has 1 saturated carbocycles. The molecular weight excluding hydrogens is 358 g/mol. The van der Waals surface area contributed by atoms with Gasteiger partial charge in [0.15, 0.2) is 5.82 Å². The van der Waals surface area contributed by atoms with Crippen LogP contribution < -0.4 is 10.2 Å². The van der Waals surface area contributed by atoms with Crippen LogP contribution in [-0.4, -0.2) is 34.7 Å². The molecular formula is C20H21N5OS. The van der Waals surface area contributed by atoms with E-state index in [1.54, 1.807) is 0 Å². The van der Waals surface area contributed by atoms with Gasteiger partial charge in [-0.1, -0.05) is 0 Å². The second-order valence-electron chi connectivity index (χ2n) is 7.39. The number of thiazole rings is 1. The number of H-pyrrole nitrogens is 1. The highest BCUT2D eigenvalue weighted by Crippen LogP contribution is 2.41. The topological polar surface area (TPSA) is 73.9 Å². The van der Waals surface area contributed by atoms with E-state index in [4.69, 9.17) is 0 Å². The molecule has 27 heavy (non-hydrogen) atoms. The van der Waals surface area contributed by atoms with Gasteiger partial charge in [-0.2, -0.15) is 5.10 Å². The summed E-state index contributed by atoms with van der Waals surface area (Å²) in [7, 11) is 2.11. The van der Waals surface area contributed by atoms with Crippen LogP contribution in [-0.2, 0) is 6.42 Å². The molecule has 0 spiro atoms. The van der Waals surface area contributed by atoms with Crippen molar-refractivity contribution in [2.75, 3.05) is 23.8 Å². The van der Waals surface area contributed by atoms with Crippen LogP contribution in [0.4, 0.5) is 11.5 Å². The van der Waals surface area contributed by atoms with Crippen molar-refractivity contribution in [2.45, 2.75) is 32.1 Å². The molecule has 1 amide bonds. The van der Waals surface area contributed by atoms with Crippen LogP contribution in [0.1, 0.15) is 46.1 Å². The largest absolute Gasteiger partial charge is 0.374 e. The van der Waals surface area contributed by atoms with Gasteiger partial charge in [0, 0.05) is 47.4 Å². The summed E-state index contributed by atoms with van der Waals surface area (Å²) in [5, 5.41) is 12.9. The van der Waals surface area contributed by atoms with E-state index in [2.05, 4.69) is 50.6 Å². The third-order valence-electron chi connectivity index (χ3n) is 5.46. The Labute approximate surface area is 161 Å². The first-order chi connectivity index (χ1) is 13.1. The summed E-state index contributed by atoms with van der Waals surface area (Å²) in [5.41, 5.74) is 6.31. The van der Waals surface area contributed by atoms with Gasteiger partial charge in [-0.05, 0) is 49.9 Å². The maximum atomic E-state index is 12.6. The molecule has 0 unspecified atom stereocenters. The number of amides is 1. The van der Waals surface area contributed by atoms with Crippen LogP contribution in [0.25, 0.3) is 10.6 Å². The number of hydrogen-bond donors (Lipinski definition) is 2. The monoisotopic (exact) mass is 379 g/mol. The first-order valence-electron chi connectivity index (χ1n) is 9.26. The van der Waals surface area contributed by atoms with Gasteiger partial charge in [0.1, 0.15) is 10.7 Å². The van der Waals surface area contributed by atoms with Gasteiger partial charge in [0.05, 0.1) is 0 Å². The van der Waals surface area contributed by atoms with E-state index in [9.17, 15) is 4.79 Å². The van der Waals surface area contributed by atoms with Crippen LogP contribution in [0.15, 0.2) is 23.6 Å². The number of hydrogen-bond acceptors (Lipinski definition) is 5. The van der Waals surface area contributed by atoms with E-state index >= 15 is 0 Å². The smallest absolute Gasteiger partial charge is 0.276 e. The minimum absolute atomic E-state index is 0.213. The number of carbonyl (C=O) groups excluding carboxylic acids is 1. The minimum Gasteiger partial charge on any atom is -0.374 e. The molecule has 3 heterocycles. The van der Waals surface area contributed by atoms with Crippen molar-refractivity contribution in [3.63, 3.8) is 0 Å². The van der Waals surface area contributed by atoms with E-state index < -0.39 is 0 Å². The van der Waals surface area contributed by atoms with E-state index in [-0.39, 0.29) is 5.91 Å². The van der Waals surface area contributed by atoms with Crippen LogP contribution in [0.5, 0.6) is 0 Å². The van der Waals surface area contributed by atoms with Gasteiger partial charge in [-0.3, -0.25) is 9.89 Å². The number of nitrogens with one attached hydrogen (secondary N) is 2. The molecule has 0 atom stereocenters. The lowest BCUT2D eigenvalue weighted by Crippen LogP contribution is -2.13. The zero-order chi connectivity index (χ0) is 18.5. The number of fused-ring (bicyclic) bond motifs is 1. The summed E-state index contributed by atoms with van der Waals surface area (Å²) >= 11 is 1.50. The Morgan fingerprint density at radius 3 is 3.04 bits per heavy atom. The molecule has 6 nitrogen and oxygen atoms in total. The normalized spacial score (nSPS) is 15.9. The summed E-state index contributed by atoms with van der Waals surface area (Å²) in [6, 6.07) is 6.42. The lowest BCUT2D eigenvalue weighted by atomic mass is 10.1. The first-order valence-corrected chi connectivity index (χ1v) is 10.1. The van der Waals surface area contributed by atoms with Gasteiger partial charge in [-0.15, -0.1) is 11.3 Å². The molecule has 138 valence electrons. The fraction of sp³-hybridized carbons (Fsp3) is 0.350. The molecule has 1 aromatic carbocycles. The molecule has 3 aromatic rings. The number of aromatic amines is 1. The first kappa shape index (κ1) is 16.5. The molecule has 2 aromatic heterocycles. The fourth-order valence-electron chi connectivity index (χ4n) is 3.68. The Morgan fingerprint density at radius 1 is 1.37 bits per heavy atom. The fourth-order valence-corrected chi connectivity index (χ4v) is 4.48. The molecule has 0 radical (unpaired) electrons. The highest BCUT2D eigenvalue weighted by molar-refractivity contribution is 7.13. The number of carbonyl (C=O) groups is 1. The average Bonchev–Trinajstić information content (AvgIpc) is 3.10. The van der Waals surface area contributed by atoms with Crippen LogP contribution in [0, 0.1) is 6.92 Å². The Kier molecular flexibility index (Phi) is 3.79. The maximum Gasteiger partial charge on any atom is 0.276 e. The maximum absolute atomic E-state index is 12.6. The van der Waals surface area contributed by atoms with Gasteiger partial charge < -0.3 is 10.2 Å². The highest BCUT2D eigenvalue weighted by atomic mass is 32.1. The molecule has 1 fully saturated rings. The Hall–Kier alpha value is -2.67. The lowest BCUT2D eigenvalue weighted by Gasteiger charge is -2.11. The summed E-state index contributed by atoms with van der Waals surface area (Å²) in [6.07, 6.45) is 3.45. The second kappa shape index (κ2) is 6.20. The lowest BCUT2D eigenvalue weighted by molar-refractivity contribution is 0.102. The molecule has 1 aliphatic heterocycles. The van der Waals surface area contributed by atoms with Crippen molar-refractivity contribution in [3.05, 3.63) is 46.1 Å². The summed E-state index contributed by atoms with van der Waals surface area (Å²) in [5.74, 6) is 0.972. The average molecular weight is 379 g/mol. The zero-order valence-corrected chi connectivity index (χ0v) is 16.2. The van der Waals surface area contributed by atoms with E-state index in [1.807, 2.05) is 12.3 Å². The van der Waals surface area contributed by atoms with E-state index in [0.717, 1.165) is 34.8 Å². The van der Waals surface area contributed by atoms with Gasteiger partial charge in [0.2, 0.25) is 0 Å².